The summed E-state index contributed by atoms with van der Waals surface area (Å²) in [6.45, 7) is 3.14. The van der Waals surface area contributed by atoms with Crippen molar-refractivity contribution in [3.05, 3.63) is 11.4 Å². The second-order valence-electron chi connectivity index (χ2n) is 5.35. The molecule has 0 amide bonds. The van der Waals surface area contributed by atoms with Gasteiger partial charge in [-0.25, -0.2) is 8.78 Å². The van der Waals surface area contributed by atoms with Crippen LogP contribution >= 0.6 is 0 Å². The topological polar surface area (TPSA) is 20.2 Å². The first-order valence-corrected chi connectivity index (χ1v) is 5.41. The van der Waals surface area contributed by atoms with Gasteiger partial charge in [0, 0.05) is 0 Å². The van der Waals surface area contributed by atoms with E-state index in [9.17, 15) is 31.4 Å². The molecule has 0 spiro atoms. The average Bonchev–Trinajstić information content (AvgIpc) is 2.42. The minimum absolute atomic E-state index is 0.578. The second-order valence-corrected chi connectivity index (χ2v) is 5.35. The first-order valence-electron chi connectivity index (χ1n) is 5.41. The molecule has 7 heteroatoms. The molecule has 2 aliphatic rings. The van der Waals surface area contributed by atoms with Crippen molar-refractivity contribution in [2.45, 2.75) is 44.4 Å². The summed E-state index contributed by atoms with van der Waals surface area (Å²) in [5.41, 5.74) is -8.04. The van der Waals surface area contributed by atoms with Gasteiger partial charge in [-0.05, 0) is 18.4 Å². The maximum atomic E-state index is 14.1. The Morgan fingerprint density at radius 2 is 1.50 bits per heavy atom. The predicted molar refractivity (Wildman–Crippen MR) is 50.8 cm³/mol. The summed E-state index contributed by atoms with van der Waals surface area (Å²) in [4.78, 5) is 0. The molecule has 0 aromatic heterocycles. The van der Waals surface area contributed by atoms with E-state index in [2.05, 4.69) is 0 Å². The Hall–Kier alpha value is -0.720. The molecule has 2 bridgehead atoms. The molecule has 3 unspecified atom stereocenters. The first-order chi connectivity index (χ1) is 7.88. The Kier molecular flexibility index (Phi) is 2.33. The molecule has 3 atom stereocenters. The van der Waals surface area contributed by atoms with Crippen molar-refractivity contribution in [1.29, 1.82) is 0 Å². The highest BCUT2D eigenvalue weighted by Crippen LogP contribution is 2.74. The monoisotopic (exact) mass is 274 g/mol. The average molecular weight is 274 g/mol. The standard InChI is InChI=1S/C11H12F6O/c1-4(2)5-6(12)9(13)7(18)8(5,3)10(14,15)11(9,16)17/h4,7,18H,1-3H3. The zero-order chi connectivity index (χ0) is 14.3. The Morgan fingerprint density at radius 3 is 1.83 bits per heavy atom. The highest BCUT2D eigenvalue weighted by atomic mass is 19.3. The van der Waals surface area contributed by atoms with Crippen molar-refractivity contribution in [3.8, 4) is 0 Å². The van der Waals surface area contributed by atoms with E-state index < -0.39 is 46.4 Å². The summed E-state index contributed by atoms with van der Waals surface area (Å²) in [7, 11) is 0. The van der Waals surface area contributed by atoms with Crippen molar-refractivity contribution in [3.63, 3.8) is 0 Å². The van der Waals surface area contributed by atoms with Crippen LogP contribution in [0.1, 0.15) is 20.8 Å². The summed E-state index contributed by atoms with van der Waals surface area (Å²) in [6.07, 6.45) is -2.80. The van der Waals surface area contributed by atoms with Crippen LogP contribution in [0.5, 0.6) is 0 Å². The van der Waals surface area contributed by atoms with Crippen LogP contribution in [-0.4, -0.2) is 28.7 Å². The number of hydrogen-bond donors (Lipinski definition) is 1. The Morgan fingerprint density at radius 1 is 1.06 bits per heavy atom. The van der Waals surface area contributed by atoms with Crippen LogP contribution in [0.25, 0.3) is 0 Å². The fraction of sp³-hybridized carbons (Fsp3) is 0.818. The minimum atomic E-state index is -5.27. The Labute approximate surface area is 99.5 Å². The number of halogens is 6. The molecule has 104 valence electrons. The zero-order valence-corrected chi connectivity index (χ0v) is 9.87. The van der Waals surface area contributed by atoms with Crippen molar-refractivity contribution in [1.82, 2.24) is 0 Å². The lowest BCUT2D eigenvalue weighted by molar-refractivity contribution is -0.260. The van der Waals surface area contributed by atoms with Gasteiger partial charge in [0.15, 0.2) is 0 Å². The highest BCUT2D eigenvalue weighted by molar-refractivity contribution is 5.49. The summed E-state index contributed by atoms with van der Waals surface area (Å²) < 4.78 is 82.2. The fourth-order valence-electron chi connectivity index (χ4n) is 3.15. The maximum absolute atomic E-state index is 14.1. The Bertz CT molecular complexity index is 443. The van der Waals surface area contributed by atoms with E-state index in [0.717, 1.165) is 0 Å². The van der Waals surface area contributed by atoms with Gasteiger partial charge in [0.05, 0.1) is 5.41 Å². The normalized spacial score (nSPS) is 45.2. The molecule has 0 aliphatic heterocycles. The van der Waals surface area contributed by atoms with E-state index in [1.807, 2.05) is 0 Å². The van der Waals surface area contributed by atoms with Gasteiger partial charge >= 0.3 is 11.8 Å². The summed E-state index contributed by atoms with van der Waals surface area (Å²) >= 11 is 0. The van der Waals surface area contributed by atoms with Gasteiger partial charge in [0.25, 0.3) is 5.67 Å². The van der Waals surface area contributed by atoms with Crippen molar-refractivity contribution >= 4 is 0 Å². The van der Waals surface area contributed by atoms with Crippen LogP contribution in [0.2, 0.25) is 0 Å². The first kappa shape index (κ1) is 13.7. The highest BCUT2D eigenvalue weighted by Gasteiger charge is 2.93. The summed E-state index contributed by atoms with van der Waals surface area (Å²) in [5, 5.41) is 9.49. The molecule has 1 N–H and O–H groups in total. The van der Waals surface area contributed by atoms with Crippen LogP contribution in [-0.2, 0) is 0 Å². The lowest BCUT2D eigenvalue weighted by atomic mass is 9.73. The largest absolute Gasteiger partial charge is 0.388 e. The van der Waals surface area contributed by atoms with E-state index in [1.54, 1.807) is 0 Å². The lowest BCUT2D eigenvalue weighted by Crippen LogP contribution is -2.56. The third-order valence-corrected chi connectivity index (χ3v) is 4.12. The number of aliphatic hydroxyl groups is 1. The van der Waals surface area contributed by atoms with E-state index in [1.165, 1.54) is 13.8 Å². The maximum Gasteiger partial charge on any atom is 0.353 e. The predicted octanol–water partition coefficient (Wildman–Crippen LogP) is 3.24. The molecular weight excluding hydrogens is 262 g/mol. The van der Waals surface area contributed by atoms with Gasteiger partial charge in [-0.3, -0.25) is 0 Å². The third kappa shape index (κ3) is 0.917. The van der Waals surface area contributed by atoms with Gasteiger partial charge in [-0.15, -0.1) is 0 Å². The van der Waals surface area contributed by atoms with E-state index >= 15 is 0 Å². The fourth-order valence-corrected chi connectivity index (χ4v) is 3.15. The van der Waals surface area contributed by atoms with E-state index in [4.69, 9.17) is 0 Å². The molecule has 0 radical (unpaired) electrons. The number of hydrogen-bond acceptors (Lipinski definition) is 1. The second kappa shape index (κ2) is 3.05. The van der Waals surface area contributed by atoms with E-state index in [-0.39, 0.29) is 0 Å². The molecule has 0 saturated heterocycles. The van der Waals surface area contributed by atoms with Crippen molar-refractivity contribution in [2.75, 3.05) is 0 Å². The molecular formula is C11H12F6O. The van der Waals surface area contributed by atoms with Crippen LogP contribution in [0.15, 0.2) is 11.4 Å². The molecule has 0 aromatic carbocycles. The number of aliphatic hydroxyl groups excluding tert-OH is 1. The van der Waals surface area contributed by atoms with Gasteiger partial charge < -0.3 is 5.11 Å². The number of fused-ring (bicyclic) bond motifs is 2. The number of rotatable bonds is 1. The quantitative estimate of drug-likeness (QED) is 0.728. The molecule has 0 heterocycles. The van der Waals surface area contributed by atoms with Gasteiger partial charge in [-0.2, -0.15) is 17.6 Å². The van der Waals surface area contributed by atoms with Crippen LogP contribution in [0, 0.1) is 11.3 Å². The van der Waals surface area contributed by atoms with Crippen molar-refractivity contribution < 1.29 is 31.4 Å². The lowest BCUT2D eigenvalue weighted by Gasteiger charge is -2.39. The zero-order valence-electron chi connectivity index (χ0n) is 9.87. The van der Waals surface area contributed by atoms with Crippen LogP contribution in [0.4, 0.5) is 26.3 Å². The SMILES string of the molecule is CC(C)C1=C(F)C2(F)C(O)C1(C)C(F)(F)C2(F)F. The van der Waals surface area contributed by atoms with Gasteiger partial charge in [0.1, 0.15) is 11.9 Å². The molecule has 1 nitrogen and oxygen atoms in total. The smallest absolute Gasteiger partial charge is 0.353 e. The van der Waals surface area contributed by atoms with Gasteiger partial charge in [-0.1, -0.05) is 13.8 Å². The molecule has 2 rings (SSSR count). The molecule has 18 heavy (non-hydrogen) atoms. The summed E-state index contributed by atoms with van der Waals surface area (Å²) in [6, 6.07) is 0. The Balaban J connectivity index is 2.84. The summed E-state index contributed by atoms with van der Waals surface area (Å²) in [5.74, 6) is -13.0. The van der Waals surface area contributed by atoms with Gasteiger partial charge in [0.2, 0.25) is 0 Å². The third-order valence-electron chi connectivity index (χ3n) is 4.12. The van der Waals surface area contributed by atoms with Crippen molar-refractivity contribution in [2.24, 2.45) is 11.3 Å². The van der Waals surface area contributed by atoms with E-state index in [0.29, 0.717) is 6.92 Å². The molecule has 1 fully saturated rings. The number of alkyl halides is 5. The van der Waals surface area contributed by atoms with Crippen LogP contribution < -0.4 is 0 Å². The van der Waals surface area contributed by atoms with Crippen LogP contribution in [0.3, 0.4) is 0 Å². The minimum Gasteiger partial charge on any atom is -0.388 e. The molecule has 2 aliphatic carbocycles. The molecule has 1 saturated carbocycles. The molecule has 0 aromatic rings.